The molecule has 1 saturated carbocycles. The number of benzene rings is 1. The van der Waals surface area contributed by atoms with Crippen molar-refractivity contribution in [3.05, 3.63) is 31.8 Å². The molecule has 1 N–H and O–H groups in total. The zero-order chi connectivity index (χ0) is 13.2. The monoisotopic (exact) mass is 441 g/mol. The number of halogens is 3. The Morgan fingerprint density at radius 1 is 1.50 bits per heavy atom. The first-order chi connectivity index (χ1) is 8.56. The van der Waals surface area contributed by atoms with Crippen LogP contribution in [0.5, 0.6) is 0 Å². The largest absolute Gasteiger partial charge is 0.351 e. The summed E-state index contributed by atoms with van der Waals surface area (Å²) >= 11 is 11.4. The Hall–Kier alpha value is 0.190. The van der Waals surface area contributed by atoms with E-state index in [2.05, 4.69) is 43.8 Å². The van der Waals surface area contributed by atoms with Gasteiger partial charge in [0.1, 0.15) is 0 Å². The minimum Gasteiger partial charge on any atom is -0.351 e. The molecule has 2 rings (SSSR count). The maximum Gasteiger partial charge on any atom is 0.252 e. The van der Waals surface area contributed by atoms with E-state index in [1.54, 1.807) is 0 Å². The van der Waals surface area contributed by atoms with Gasteiger partial charge in [0, 0.05) is 20.5 Å². The zero-order valence-electron chi connectivity index (χ0n) is 9.81. The molecule has 1 aliphatic rings. The molecule has 0 heterocycles. The summed E-state index contributed by atoms with van der Waals surface area (Å²) in [5.41, 5.74) is 1.00. The highest BCUT2D eigenvalue weighted by atomic mass is 127. The van der Waals surface area contributed by atoms with Crippen LogP contribution in [0.25, 0.3) is 0 Å². The Morgan fingerprint density at radius 2 is 2.22 bits per heavy atom. The second kappa shape index (κ2) is 6.09. The third-order valence-electron chi connectivity index (χ3n) is 3.38. The molecular weight excluding hydrogens is 428 g/mol. The van der Waals surface area contributed by atoms with Crippen LogP contribution >= 0.6 is 50.1 Å². The van der Waals surface area contributed by atoms with Crippen molar-refractivity contribution in [3.8, 4) is 0 Å². The molecule has 5 heteroatoms. The maximum absolute atomic E-state index is 12.1. The van der Waals surface area contributed by atoms with Gasteiger partial charge in [-0.05, 0) is 65.5 Å². The van der Waals surface area contributed by atoms with E-state index in [1.807, 2.05) is 18.2 Å². The van der Waals surface area contributed by atoms with E-state index in [0.29, 0.717) is 5.88 Å². The molecule has 0 bridgehead atoms. The molecule has 18 heavy (non-hydrogen) atoms. The third-order valence-corrected chi connectivity index (χ3v) is 5.00. The van der Waals surface area contributed by atoms with Crippen molar-refractivity contribution >= 4 is 56.0 Å². The molecule has 0 atom stereocenters. The summed E-state index contributed by atoms with van der Waals surface area (Å²) in [5, 5.41) is 3.03. The van der Waals surface area contributed by atoms with E-state index >= 15 is 0 Å². The number of hydrogen-bond acceptors (Lipinski definition) is 1. The summed E-state index contributed by atoms with van der Waals surface area (Å²) < 4.78 is 1.89. The van der Waals surface area contributed by atoms with Gasteiger partial charge in [0.25, 0.3) is 5.91 Å². The fourth-order valence-electron chi connectivity index (χ4n) is 1.93. The van der Waals surface area contributed by atoms with Gasteiger partial charge in [-0.1, -0.05) is 15.9 Å². The molecule has 0 aromatic heterocycles. The van der Waals surface area contributed by atoms with E-state index in [4.69, 9.17) is 11.6 Å². The SMILES string of the molecule is O=C(NCC1(CCCl)CC1)c1cc(Br)ccc1I. The molecular formula is C13H14BrClINO. The van der Waals surface area contributed by atoms with Crippen LogP contribution in [0.2, 0.25) is 0 Å². The number of carbonyl (C=O) groups is 1. The average Bonchev–Trinajstić information content (AvgIpc) is 3.10. The van der Waals surface area contributed by atoms with Crippen molar-refractivity contribution in [3.63, 3.8) is 0 Å². The van der Waals surface area contributed by atoms with Crippen LogP contribution in [0.3, 0.4) is 0 Å². The van der Waals surface area contributed by atoms with Crippen LogP contribution < -0.4 is 5.32 Å². The molecule has 98 valence electrons. The van der Waals surface area contributed by atoms with Crippen LogP contribution in [-0.4, -0.2) is 18.3 Å². The molecule has 0 saturated heterocycles. The number of carbonyl (C=O) groups excluding carboxylic acids is 1. The first-order valence-corrected chi connectivity index (χ1v) is 8.26. The van der Waals surface area contributed by atoms with Crippen molar-refractivity contribution in [2.24, 2.45) is 5.41 Å². The van der Waals surface area contributed by atoms with E-state index in [-0.39, 0.29) is 11.3 Å². The van der Waals surface area contributed by atoms with Crippen molar-refractivity contribution in [1.82, 2.24) is 5.32 Å². The molecule has 1 aromatic carbocycles. The van der Waals surface area contributed by atoms with Gasteiger partial charge < -0.3 is 5.32 Å². The van der Waals surface area contributed by atoms with Crippen molar-refractivity contribution in [2.75, 3.05) is 12.4 Å². The van der Waals surface area contributed by atoms with Crippen LogP contribution in [-0.2, 0) is 0 Å². The van der Waals surface area contributed by atoms with Crippen molar-refractivity contribution in [1.29, 1.82) is 0 Å². The molecule has 0 unspecified atom stereocenters. The second-order valence-corrected chi connectivity index (χ2v) is 7.20. The maximum atomic E-state index is 12.1. The Balaban J connectivity index is 1.98. The number of rotatable bonds is 5. The predicted molar refractivity (Wildman–Crippen MR) is 86.2 cm³/mol. The van der Waals surface area contributed by atoms with Gasteiger partial charge in [-0.15, -0.1) is 11.6 Å². The summed E-state index contributed by atoms with van der Waals surface area (Å²) in [6.07, 6.45) is 3.34. The van der Waals surface area contributed by atoms with Crippen molar-refractivity contribution in [2.45, 2.75) is 19.3 Å². The minimum absolute atomic E-state index is 0.00143. The minimum atomic E-state index is 0.00143. The number of alkyl halides is 1. The summed E-state index contributed by atoms with van der Waals surface area (Å²) in [6.45, 7) is 0.737. The Kier molecular flexibility index (Phi) is 4.94. The first kappa shape index (κ1) is 14.6. The molecule has 1 amide bonds. The van der Waals surface area contributed by atoms with E-state index < -0.39 is 0 Å². The molecule has 0 radical (unpaired) electrons. The lowest BCUT2D eigenvalue weighted by Crippen LogP contribution is -2.31. The highest BCUT2D eigenvalue weighted by molar-refractivity contribution is 14.1. The molecule has 1 fully saturated rings. The number of amides is 1. The second-order valence-electron chi connectivity index (χ2n) is 4.75. The number of hydrogen-bond donors (Lipinski definition) is 1. The fraction of sp³-hybridized carbons (Fsp3) is 0.462. The predicted octanol–water partition coefficient (Wildman–Crippen LogP) is 4.19. The quantitative estimate of drug-likeness (QED) is 0.538. The summed E-state index contributed by atoms with van der Waals surface area (Å²) in [6, 6.07) is 5.73. The third kappa shape index (κ3) is 3.61. The molecule has 0 aliphatic heterocycles. The topological polar surface area (TPSA) is 29.1 Å². The Labute approximate surface area is 134 Å². The summed E-state index contributed by atoms with van der Waals surface area (Å²) in [7, 11) is 0. The van der Waals surface area contributed by atoms with Crippen LogP contribution in [0.15, 0.2) is 22.7 Å². The number of nitrogens with one attached hydrogen (secondary N) is 1. The van der Waals surface area contributed by atoms with Gasteiger partial charge in [-0.3, -0.25) is 4.79 Å². The lowest BCUT2D eigenvalue weighted by molar-refractivity contribution is 0.0943. The molecule has 1 aliphatic carbocycles. The standard InChI is InChI=1S/C13H14BrClINO/c14-9-1-2-11(16)10(7-9)12(18)17-8-13(3-4-13)5-6-15/h1-2,7H,3-6,8H2,(H,17,18). The molecule has 0 spiro atoms. The van der Waals surface area contributed by atoms with Gasteiger partial charge >= 0.3 is 0 Å². The van der Waals surface area contributed by atoms with Gasteiger partial charge in [-0.2, -0.15) is 0 Å². The Morgan fingerprint density at radius 3 is 2.83 bits per heavy atom. The smallest absolute Gasteiger partial charge is 0.252 e. The van der Waals surface area contributed by atoms with Crippen molar-refractivity contribution < 1.29 is 4.79 Å². The van der Waals surface area contributed by atoms with E-state index in [1.165, 1.54) is 12.8 Å². The van der Waals surface area contributed by atoms with E-state index in [9.17, 15) is 4.79 Å². The van der Waals surface area contributed by atoms with Gasteiger partial charge in [0.05, 0.1) is 5.56 Å². The normalized spacial score (nSPS) is 16.4. The highest BCUT2D eigenvalue weighted by Gasteiger charge is 2.41. The lowest BCUT2D eigenvalue weighted by Gasteiger charge is -2.15. The van der Waals surface area contributed by atoms with Gasteiger partial charge in [0.2, 0.25) is 0 Å². The summed E-state index contributed by atoms with van der Waals surface area (Å²) in [4.78, 5) is 12.1. The highest BCUT2D eigenvalue weighted by Crippen LogP contribution is 2.48. The van der Waals surface area contributed by atoms with E-state index in [0.717, 1.165) is 26.6 Å². The fourth-order valence-corrected chi connectivity index (χ4v) is 3.27. The van der Waals surface area contributed by atoms with Crippen LogP contribution in [0, 0.1) is 8.99 Å². The van der Waals surface area contributed by atoms with Gasteiger partial charge in [-0.25, -0.2) is 0 Å². The molecule has 2 nitrogen and oxygen atoms in total. The van der Waals surface area contributed by atoms with Crippen LogP contribution in [0.1, 0.15) is 29.6 Å². The molecule has 1 aromatic rings. The lowest BCUT2D eigenvalue weighted by atomic mass is 10.0. The van der Waals surface area contributed by atoms with Crippen LogP contribution in [0.4, 0.5) is 0 Å². The van der Waals surface area contributed by atoms with Gasteiger partial charge in [0.15, 0.2) is 0 Å². The Bertz CT molecular complexity index is 462. The summed E-state index contributed by atoms with van der Waals surface area (Å²) in [5.74, 6) is 0.672. The average molecular weight is 443 g/mol. The first-order valence-electron chi connectivity index (χ1n) is 5.86. The zero-order valence-corrected chi connectivity index (χ0v) is 14.3.